The summed E-state index contributed by atoms with van der Waals surface area (Å²) in [4.78, 5) is 31.3. The van der Waals surface area contributed by atoms with E-state index in [4.69, 9.17) is 0 Å². The molecule has 154 valence electrons. The molecule has 0 spiro atoms. The molecule has 2 aromatic carbocycles. The Morgan fingerprint density at radius 1 is 1.06 bits per heavy atom. The van der Waals surface area contributed by atoms with Crippen molar-refractivity contribution in [3.63, 3.8) is 0 Å². The highest BCUT2D eigenvalue weighted by Gasteiger charge is 2.35. The van der Waals surface area contributed by atoms with E-state index >= 15 is 0 Å². The van der Waals surface area contributed by atoms with Gasteiger partial charge in [0.25, 0.3) is 0 Å². The number of rotatable bonds is 4. The van der Waals surface area contributed by atoms with Gasteiger partial charge in [0.05, 0.1) is 11.6 Å². The molecule has 31 heavy (non-hydrogen) atoms. The van der Waals surface area contributed by atoms with Gasteiger partial charge < -0.3 is 14.6 Å². The lowest BCUT2D eigenvalue weighted by molar-refractivity contribution is -0.122. The van der Waals surface area contributed by atoms with Gasteiger partial charge in [-0.3, -0.25) is 9.59 Å². The van der Waals surface area contributed by atoms with E-state index in [1.54, 1.807) is 12.1 Å². The van der Waals surface area contributed by atoms with Crippen molar-refractivity contribution in [1.82, 2.24) is 9.38 Å². The topological polar surface area (TPSA) is 66.7 Å². The monoisotopic (exact) mass is 414 g/mol. The first-order valence-corrected chi connectivity index (χ1v) is 9.98. The number of nitrogens with zero attached hydrogens (tertiary/aromatic N) is 3. The van der Waals surface area contributed by atoms with E-state index < -0.39 is 5.92 Å². The van der Waals surface area contributed by atoms with Crippen molar-refractivity contribution in [2.75, 3.05) is 16.8 Å². The SMILES string of the molecule is O=C(Nc1cccc(-c2cn3ccccc3n2)c1)[C@H]1CC(=O)N(c2ccc(F)cc2)C1. The summed E-state index contributed by atoms with van der Waals surface area (Å²) in [5.41, 5.74) is 3.78. The number of amides is 2. The number of carbonyl (C=O) groups excluding carboxylic acids is 2. The Kier molecular flexibility index (Phi) is 4.71. The van der Waals surface area contributed by atoms with Crippen molar-refractivity contribution in [3.05, 3.63) is 84.9 Å². The third kappa shape index (κ3) is 3.77. The lowest BCUT2D eigenvalue weighted by Crippen LogP contribution is -2.28. The van der Waals surface area contributed by atoms with Crippen LogP contribution >= 0.6 is 0 Å². The zero-order valence-corrected chi connectivity index (χ0v) is 16.5. The maximum absolute atomic E-state index is 13.2. The van der Waals surface area contributed by atoms with E-state index in [2.05, 4.69) is 10.3 Å². The molecule has 1 aliphatic heterocycles. The minimum Gasteiger partial charge on any atom is -0.326 e. The molecule has 1 aliphatic rings. The largest absolute Gasteiger partial charge is 0.326 e. The number of nitrogens with one attached hydrogen (secondary N) is 1. The molecule has 0 bridgehead atoms. The number of carbonyl (C=O) groups is 2. The van der Waals surface area contributed by atoms with Gasteiger partial charge in [-0.15, -0.1) is 0 Å². The zero-order chi connectivity index (χ0) is 21.4. The number of anilines is 2. The lowest BCUT2D eigenvalue weighted by atomic mass is 10.1. The van der Waals surface area contributed by atoms with Crippen LogP contribution in [0.4, 0.5) is 15.8 Å². The van der Waals surface area contributed by atoms with Crippen LogP contribution < -0.4 is 10.2 Å². The van der Waals surface area contributed by atoms with Gasteiger partial charge >= 0.3 is 0 Å². The second-order valence-electron chi connectivity index (χ2n) is 7.54. The number of pyridine rings is 1. The summed E-state index contributed by atoms with van der Waals surface area (Å²) in [6.07, 6.45) is 3.99. The van der Waals surface area contributed by atoms with E-state index in [-0.39, 0.29) is 30.6 Å². The van der Waals surface area contributed by atoms with Gasteiger partial charge in [-0.2, -0.15) is 0 Å². The second-order valence-corrected chi connectivity index (χ2v) is 7.54. The molecule has 1 N–H and O–H groups in total. The summed E-state index contributed by atoms with van der Waals surface area (Å²) in [6.45, 7) is 0.266. The maximum Gasteiger partial charge on any atom is 0.229 e. The average molecular weight is 414 g/mol. The van der Waals surface area contributed by atoms with Crippen molar-refractivity contribution in [2.24, 2.45) is 5.92 Å². The van der Waals surface area contributed by atoms with E-state index in [0.29, 0.717) is 11.4 Å². The molecule has 0 saturated carbocycles. The van der Waals surface area contributed by atoms with Gasteiger partial charge in [0.15, 0.2) is 0 Å². The number of fused-ring (bicyclic) bond motifs is 1. The van der Waals surface area contributed by atoms with Gasteiger partial charge in [-0.1, -0.05) is 18.2 Å². The number of halogens is 1. The fourth-order valence-electron chi connectivity index (χ4n) is 3.83. The lowest BCUT2D eigenvalue weighted by Gasteiger charge is -2.16. The Hall–Kier alpha value is -4.00. The molecule has 5 rings (SSSR count). The molecule has 6 nitrogen and oxygen atoms in total. The molecule has 0 aliphatic carbocycles. The van der Waals surface area contributed by atoms with Gasteiger partial charge in [-0.25, -0.2) is 9.37 Å². The normalized spacial score (nSPS) is 16.1. The van der Waals surface area contributed by atoms with Gasteiger partial charge in [0.1, 0.15) is 11.5 Å². The highest BCUT2D eigenvalue weighted by Crippen LogP contribution is 2.27. The van der Waals surface area contributed by atoms with Gasteiger partial charge in [0.2, 0.25) is 11.8 Å². The molecule has 1 saturated heterocycles. The van der Waals surface area contributed by atoms with E-state index in [1.165, 1.54) is 17.0 Å². The molecule has 2 amide bonds. The Morgan fingerprint density at radius 2 is 1.90 bits per heavy atom. The Labute approximate surface area is 178 Å². The van der Waals surface area contributed by atoms with Crippen LogP contribution in [0, 0.1) is 11.7 Å². The Balaban J connectivity index is 1.31. The summed E-state index contributed by atoms with van der Waals surface area (Å²) in [7, 11) is 0. The van der Waals surface area contributed by atoms with Crippen LogP contribution in [0.2, 0.25) is 0 Å². The van der Waals surface area contributed by atoms with Crippen LogP contribution in [0.3, 0.4) is 0 Å². The number of hydrogen-bond acceptors (Lipinski definition) is 3. The van der Waals surface area contributed by atoms with Crippen LogP contribution in [-0.4, -0.2) is 27.7 Å². The second kappa shape index (κ2) is 7.68. The molecule has 4 aromatic rings. The summed E-state index contributed by atoms with van der Waals surface area (Å²) in [6, 6.07) is 19.0. The Bertz CT molecular complexity index is 1250. The van der Waals surface area contributed by atoms with Crippen molar-refractivity contribution >= 4 is 28.8 Å². The molecule has 0 unspecified atom stereocenters. The van der Waals surface area contributed by atoms with Crippen LogP contribution in [0.15, 0.2) is 79.1 Å². The van der Waals surface area contributed by atoms with E-state index in [1.807, 2.05) is 59.3 Å². The first-order chi connectivity index (χ1) is 15.1. The first-order valence-electron chi connectivity index (χ1n) is 9.98. The molecular formula is C24H19FN4O2. The fourth-order valence-corrected chi connectivity index (χ4v) is 3.83. The third-order valence-corrected chi connectivity index (χ3v) is 5.42. The summed E-state index contributed by atoms with van der Waals surface area (Å²) < 4.78 is 15.1. The minimum absolute atomic E-state index is 0.120. The van der Waals surface area contributed by atoms with Crippen LogP contribution in [0.25, 0.3) is 16.9 Å². The smallest absolute Gasteiger partial charge is 0.229 e. The van der Waals surface area contributed by atoms with E-state index in [9.17, 15) is 14.0 Å². The highest BCUT2D eigenvalue weighted by atomic mass is 19.1. The Morgan fingerprint density at radius 3 is 2.71 bits per heavy atom. The first kappa shape index (κ1) is 19.0. The summed E-state index contributed by atoms with van der Waals surface area (Å²) in [5, 5.41) is 2.92. The predicted molar refractivity (Wildman–Crippen MR) is 116 cm³/mol. The van der Waals surface area contributed by atoms with Gasteiger partial charge in [-0.05, 0) is 48.5 Å². The standard InChI is InChI=1S/C24H19FN4O2/c25-18-7-9-20(10-8-18)29-14-17(13-23(29)30)24(31)26-19-5-3-4-16(12-19)21-15-28-11-2-1-6-22(28)27-21/h1-12,15,17H,13-14H2,(H,26,31)/t17-/m0/s1. The maximum atomic E-state index is 13.2. The number of aromatic nitrogens is 2. The average Bonchev–Trinajstić information content (AvgIpc) is 3.38. The van der Waals surface area contributed by atoms with Gasteiger partial charge in [0, 0.05) is 42.3 Å². The van der Waals surface area contributed by atoms with Crippen molar-refractivity contribution in [2.45, 2.75) is 6.42 Å². The molecule has 0 radical (unpaired) electrons. The van der Waals surface area contributed by atoms with Crippen LogP contribution in [0.5, 0.6) is 0 Å². The van der Waals surface area contributed by atoms with Crippen LogP contribution in [0.1, 0.15) is 6.42 Å². The molecule has 1 atom stereocenters. The quantitative estimate of drug-likeness (QED) is 0.546. The number of imidazole rings is 1. The minimum atomic E-state index is -0.476. The molecule has 3 heterocycles. The van der Waals surface area contributed by atoms with Crippen LogP contribution in [-0.2, 0) is 9.59 Å². The fraction of sp³-hybridized carbons (Fsp3) is 0.125. The molecule has 7 heteroatoms. The summed E-state index contributed by atoms with van der Waals surface area (Å²) >= 11 is 0. The predicted octanol–water partition coefficient (Wildman–Crippen LogP) is 4.13. The highest BCUT2D eigenvalue weighted by molar-refractivity contribution is 6.03. The van der Waals surface area contributed by atoms with Crippen molar-refractivity contribution in [1.29, 1.82) is 0 Å². The zero-order valence-electron chi connectivity index (χ0n) is 16.5. The van der Waals surface area contributed by atoms with E-state index in [0.717, 1.165) is 16.9 Å². The number of benzene rings is 2. The summed E-state index contributed by atoms with van der Waals surface area (Å²) in [5.74, 6) is -1.21. The molecular weight excluding hydrogens is 395 g/mol. The molecule has 1 fully saturated rings. The van der Waals surface area contributed by atoms with Crippen molar-refractivity contribution in [3.8, 4) is 11.3 Å². The molecule has 2 aromatic heterocycles. The number of hydrogen-bond donors (Lipinski definition) is 1. The van der Waals surface area contributed by atoms with Crippen molar-refractivity contribution < 1.29 is 14.0 Å². The third-order valence-electron chi connectivity index (χ3n) is 5.42.